The summed E-state index contributed by atoms with van der Waals surface area (Å²) in [6.45, 7) is 3.88. The molecule has 3 aromatic rings. The van der Waals surface area contributed by atoms with E-state index in [1.54, 1.807) is 30.3 Å². The lowest BCUT2D eigenvalue weighted by molar-refractivity contribution is -0.120. The third kappa shape index (κ3) is 6.24. The number of methoxy groups -OCH3 is 2. The van der Waals surface area contributed by atoms with Gasteiger partial charge in [-0.15, -0.1) is 0 Å². The predicted octanol–water partition coefficient (Wildman–Crippen LogP) is 4.18. The number of nitrogens with zero attached hydrogens (tertiary/aromatic N) is 1. The van der Waals surface area contributed by atoms with Crippen LogP contribution in [0, 0.1) is 0 Å². The number of anilines is 1. The Balaban J connectivity index is 1.89. The van der Waals surface area contributed by atoms with Crippen LogP contribution in [0.2, 0.25) is 0 Å². The highest BCUT2D eigenvalue weighted by molar-refractivity contribution is 7.92. The number of nitrogens with one attached hydrogen (secondary N) is 1. The number of ether oxygens (including phenoxy) is 3. The fraction of sp³-hybridized carbons (Fsp3) is 0.269. The minimum absolute atomic E-state index is 0.0714. The van der Waals surface area contributed by atoms with Gasteiger partial charge in [0.1, 0.15) is 12.3 Å². The van der Waals surface area contributed by atoms with Gasteiger partial charge in [0, 0.05) is 6.07 Å². The SMILES string of the molecule is CCOc1ccc([C@H](C)NC(=O)CN(c2ccc(OC)c(OC)c2)S(=O)(=O)c2ccccc2)cc1. The molecule has 0 aliphatic heterocycles. The van der Waals surface area contributed by atoms with Crippen molar-refractivity contribution in [3.05, 3.63) is 78.4 Å². The molecule has 9 heteroatoms. The minimum atomic E-state index is -4.05. The summed E-state index contributed by atoms with van der Waals surface area (Å²) in [5.41, 5.74) is 1.14. The number of carbonyl (C=O) groups excluding carboxylic acids is 1. The van der Waals surface area contributed by atoms with E-state index in [-0.39, 0.29) is 16.6 Å². The van der Waals surface area contributed by atoms with Crippen LogP contribution in [-0.2, 0) is 14.8 Å². The summed E-state index contributed by atoms with van der Waals surface area (Å²) >= 11 is 0. The molecule has 186 valence electrons. The molecule has 0 radical (unpaired) electrons. The second-order valence-corrected chi connectivity index (χ2v) is 9.52. The average Bonchev–Trinajstić information content (AvgIpc) is 2.88. The lowest BCUT2D eigenvalue weighted by atomic mass is 10.1. The highest BCUT2D eigenvalue weighted by Crippen LogP contribution is 2.33. The van der Waals surface area contributed by atoms with Crippen LogP contribution in [-0.4, -0.2) is 41.7 Å². The third-order valence-electron chi connectivity index (χ3n) is 5.34. The van der Waals surface area contributed by atoms with E-state index in [4.69, 9.17) is 14.2 Å². The van der Waals surface area contributed by atoms with Crippen LogP contribution < -0.4 is 23.8 Å². The third-order valence-corrected chi connectivity index (χ3v) is 7.13. The van der Waals surface area contributed by atoms with Crippen molar-refractivity contribution in [3.63, 3.8) is 0 Å². The summed E-state index contributed by atoms with van der Waals surface area (Å²) in [6.07, 6.45) is 0. The van der Waals surface area contributed by atoms with Crippen molar-refractivity contribution < 1.29 is 27.4 Å². The van der Waals surface area contributed by atoms with E-state index in [1.165, 1.54) is 32.4 Å². The number of amides is 1. The minimum Gasteiger partial charge on any atom is -0.494 e. The maximum absolute atomic E-state index is 13.5. The quantitative estimate of drug-likeness (QED) is 0.426. The van der Waals surface area contributed by atoms with E-state index in [9.17, 15) is 13.2 Å². The largest absolute Gasteiger partial charge is 0.494 e. The summed E-state index contributed by atoms with van der Waals surface area (Å²) < 4.78 is 44.2. The van der Waals surface area contributed by atoms with Gasteiger partial charge < -0.3 is 19.5 Å². The molecule has 0 bridgehead atoms. The van der Waals surface area contributed by atoms with Gasteiger partial charge >= 0.3 is 0 Å². The van der Waals surface area contributed by atoms with E-state index >= 15 is 0 Å². The summed E-state index contributed by atoms with van der Waals surface area (Å²) in [4.78, 5) is 13.1. The standard InChI is InChI=1S/C26H30N2O6S/c1-5-34-22-14-11-20(12-15-22)19(2)27-26(29)18-28(35(30,31)23-9-7-6-8-10-23)21-13-16-24(32-3)25(17-21)33-4/h6-17,19H,5,18H2,1-4H3,(H,27,29)/t19-/m0/s1. The average molecular weight is 499 g/mol. The molecule has 0 heterocycles. The molecule has 0 aliphatic rings. The van der Waals surface area contributed by atoms with Crippen molar-refractivity contribution in [2.45, 2.75) is 24.8 Å². The molecule has 8 nitrogen and oxygen atoms in total. The maximum atomic E-state index is 13.5. The molecule has 1 atom stereocenters. The van der Waals surface area contributed by atoms with E-state index < -0.39 is 22.5 Å². The molecule has 0 saturated heterocycles. The topological polar surface area (TPSA) is 94.2 Å². The number of carbonyl (C=O) groups is 1. The fourth-order valence-corrected chi connectivity index (χ4v) is 4.97. The Kier molecular flexibility index (Phi) is 8.59. The first-order chi connectivity index (χ1) is 16.8. The maximum Gasteiger partial charge on any atom is 0.264 e. The van der Waals surface area contributed by atoms with Crippen LogP contribution in [0.5, 0.6) is 17.2 Å². The van der Waals surface area contributed by atoms with Crippen LogP contribution in [0.15, 0.2) is 77.7 Å². The zero-order valence-electron chi connectivity index (χ0n) is 20.2. The predicted molar refractivity (Wildman–Crippen MR) is 135 cm³/mol. The zero-order chi connectivity index (χ0) is 25.4. The summed E-state index contributed by atoms with van der Waals surface area (Å²) in [5.74, 6) is 1.08. The van der Waals surface area contributed by atoms with Gasteiger partial charge in [-0.3, -0.25) is 9.10 Å². The molecule has 35 heavy (non-hydrogen) atoms. The van der Waals surface area contributed by atoms with Crippen molar-refractivity contribution in [3.8, 4) is 17.2 Å². The normalized spacial score (nSPS) is 11.9. The van der Waals surface area contributed by atoms with Crippen LogP contribution in [0.4, 0.5) is 5.69 Å². The molecular weight excluding hydrogens is 468 g/mol. The second-order valence-electron chi connectivity index (χ2n) is 7.66. The molecule has 0 aromatic heterocycles. The van der Waals surface area contributed by atoms with Gasteiger partial charge in [-0.25, -0.2) is 8.42 Å². The van der Waals surface area contributed by atoms with Crippen molar-refractivity contribution in [2.24, 2.45) is 0 Å². The van der Waals surface area contributed by atoms with Crippen LogP contribution in [0.3, 0.4) is 0 Å². The fourth-order valence-electron chi connectivity index (χ4n) is 3.54. The van der Waals surface area contributed by atoms with Gasteiger partial charge in [-0.05, 0) is 55.8 Å². The molecule has 0 unspecified atom stereocenters. The lowest BCUT2D eigenvalue weighted by Crippen LogP contribution is -2.41. The Morgan fingerprint density at radius 1 is 0.943 bits per heavy atom. The van der Waals surface area contributed by atoms with Crippen LogP contribution >= 0.6 is 0 Å². The Hall–Kier alpha value is -3.72. The van der Waals surface area contributed by atoms with E-state index in [2.05, 4.69) is 5.32 Å². The van der Waals surface area contributed by atoms with Crippen molar-refractivity contribution in [1.29, 1.82) is 0 Å². The highest BCUT2D eigenvalue weighted by Gasteiger charge is 2.28. The smallest absolute Gasteiger partial charge is 0.264 e. The number of rotatable bonds is 11. The van der Waals surface area contributed by atoms with Gasteiger partial charge in [0.2, 0.25) is 5.91 Å². The number of sulfonamides is 1. The first kappa shape index (κ1) is 25.9. The molecule has 1 N–H and O–H groups in total. The van der Waals surface area contributed by atoms with E-state index in [0.717, 1.165) is 15.6 Å². The zero-order valence-corrected chi connectivity index (χ0v) is 21.0. The van der Waals surface area contributed by atoms with Crippen molar-refractivity contribution in [2.75, 3.05) is 31.7 Å². The van der Waals surface area contributed by atoms with Crippen LogP contribution in [0.25, 0.3) is 0 Å². The lowest BCUT2D eigenvalue weighted by Gasteiger charge is -2.26. The number of benzene rings is 3. The van der Waals surface area contributed by atoms with Gasteiger partial charge in [0.25, 0.3) is 10.0 Å². The molecule has 0 saturated carbocycles. The first-order valence-electron chi connectivity index (χ1n) is 11.1. The van der Waals surface area contributed by atoms with E-state index in [1.807, 2.05) is 38.1 Å². The van der Waals surface area contributed by atoms with Gasteiger partial charge in [-0.2, -0.15) is 0 Å². The summed E-state index contributed by atoms with van der Waals surface area (Å²) in [6, 6.07) is 19.7. The van der Waals surface area contributed by atoms with Crippen LogP contribution in [0.1, 0.15) is 25.5 Å². The number of hydrogen-bond acceptors (Lipinski definition) is 6. The number of hydrogen-bond donors (Lipinski definition) is 1. The van der Waals surface area contributed by atoms with Crippen molar-refractivity contribution in [1.82, 2.24) is 5.32 Å². The van der Waals surface area contributed by atoms with Gasteiger partial charge in [0.05, 0.1) is 37.5 Å². The molecule has 3 rings (SSSR count). The molecule has 0 fully saturated rings. The van der Waals surface area contributed by atoms with E-state index in [0.29, 0.717) is 18.1 Å². The molecule has 3 aromatic carbocycles. The molecule has 1 amide bonds. The summed E-state index contributed by atoms with van der Waals surface area (Å²) in [5, 5.41) is 2.88. The molecule has 0 aliphatic carbocycles. The Morgan fingerprint density at radius 2 is 1.60 bits per heavy atom. The van der Waals surface area contributed by atoms with Gasteiger partial charge in [-0.1, -0.05) is 30.3 Å². The Morgan fingerprint density at radius 3 is 2.20 bits per heavy atom. The van der Waals surface area contributed by atoms with Crippen molar-refractivity contribution >= 4 is 21.6 Å². The Bertz CT molecular complexity index is 1230. The summed E-state index contributed by atoms with van der Waals surface area (Å²) in [7, 11) is -1.09. The second kappa shape index (κ2) is 11.6. The van der Waals surface area contributed by atoms with Gasteiger partial charge in [0.15, 0.2) is 11.5 Å². The molecular formula is C26H30N2O6S. The molecule has 0 spiro atoms. The Labute approximate surface area is 206 Å². The first-order valence-corrected chi connectivity index (χ1v) is 12.6. The monoisotopic (exact) mass is 498 g/mol. The highest BCUT2D eigenvalue weighted by atomic mass is 32.2.